The lowest BCUT2D eigenvalue weighted by molar-refractivity contribution is -0.261. The first kappa shape index (κ1) is 9.64. The maximum atomic E-state index is 5.47. The predicted octanol–water partition coefficient (Wildman–Crippen LogP) is 2.09. The van der Waals surface area contributed by atoms with Crippen molar-refractivity contribution < 1.29 is 14.2 Å². The molecule has 0 aromatic carbocycles. The molecule has 0 spiro atoms. The Hall–Kier alpha value is 0.0969. The maximum absolute atomic E-state index is 5.47. The average molecular weight is 202 g/mol. The van der Waals surface area contributed by atoms with Gasteiger partial charge in [-0.3, -0.25) is 4.58 Å². The summed E-state index contributed by atoms with van der Waals surface area (Å²) in [6.07, 6.45) is 4.52. The third-order valence-electron chi connectivity index (χ3n) is 2.39. The Balaban J connectivity index is 1.75. The molecular formula is C9H18O3Si. The fourth-order valence-corrected chi connectivity index (χ4v) is 2.12. The van der Waals surface area contributed by atoms with Crippen LogP contribution < -0.4 is 0 Å². The Morgan fingerprint density at radius 1 is 1.23 bits per heavy atom. The molecule has 3 nitrogen and oxygen atoms in total. The molecule has 1 heterocycles. The van der Waals surface area contributed by atoms with E-state index >= 15 is 0 Å². The molecule has 4 heteroatoms. The lowest BCUT2D eigenvalue weighted by Crippen LogP contribution is -2.32. The molecule has 0 aromatic heterocycles. The average Bonchev–Trinajstić information content (AvgIpc) is 2.77. The van der Waals surface area contributed by atoms with Crippen LogP contribution in [-0.2, 0) is 14.2 Å². The summed E-state index contributed by atoms with van der Waals surface area (Å²) in [4.78, 5) is 5.44. The molecule has 2 aliphatic rings. The van der Waals surface area contributed by atoms with E-state index in [0.717, 1.165) is 6.42 Å². The molecule has 1 saturated carbocycles. The van der Waals surface area contributed by atoms with E-state index in [1.807, 2.05) is 0 Å². The highest BCUT2D eigenvalue weighted by Gasteiger charge is 2.48. The van der Waals surface area contributed by atoms with Crippen LogP contribution in [0.25, 0.3) is 0 Å². The number of rotatable bonds is 3. The van der Waals surface area contributed by atoms with Crippen molar-refractivity contribution >= 4 is 8.32 Å². The fraction of sp³-hybridized carbons (Fsp3) is 1.00. The van der Waals surface area contributed by atoms with E-state index in [9.17, 15) is 0 Å². The summed E-state index contributed by atoms with van der Waals surface area (Å²) < 4.78 is 10.9. The lowest BCUT2D eigenvalue weighted by atomic mass is 9.98. The van der Waals surface area contributed by atoms with Gasteiger partial charge in [-0.2, -0.15) is 0 Å². The number of hydrogen-bond acceptors (Lipinski definition) is 3. The van der Waals surface area contributed by atoms with E-state index in [0.29, 0.717) is 12.2 Å². The van der Waals surface area contributed by atoms with Crippen LogP contribution in [0, 0.1) is 0 Å². The van der Waals surface area contributed by atoms with Gasteiger partial charge in [-0.05, 0) is 38.9 Å². The lowest BCUT2D eigenvalue weighted by Gasteiger charge is -2.22. The van der Waals surface area contributed by atoms with Crippen molar-refractivity contribution in [1.82, 2.24) is 0 Å². The minimum absolute atomic E-state index is 0.200. The molecular weight excluding hydrogens is 184 g/mol. The topological polar surface area (TPSA) is 31.0 Å². The smallest absolute Gasteiger partial charge is 0.230 e. The van der Waals surface area contributed by atoms with Crippen molar-refractivity contribution in [2.24, 2.45) is 0 Å². The van der Waals surface area contributed by atoms with E-state index in [1.54, 1.807) is 0 Å². The zero-order valence-electron chi connectivity index (χ0n) is 8.58. The third kappa shape index (κ3) is 2.53. The van der Waals surface area contributed by atoms with Crippen LogP contribution in [0.2, 0.25) is 19.6 Å². The Morgan fingerprint density at radius 2 is 2.00 bits per heavy atom. The summed E-state index contributed by atoms with van der Waals surface area (Å²) in [6.45, 7) is 6.38. The van der Waals surface area contributed by atoms with Gasteiger partial charge in [0.1, 0.15) is 12.2 Å². The standard InChI is InChI=1S/C9H18O3Si/c1-13(2,3)12-11-8-6-4-5-7-9(8)10-7/h7-9H,4-6H2,1-3H3/t7-,8?,9+/m0/s1. The van der Waals surface area contributed by atoms with E-state index in [-0.39, 0.29) is 6.10 Å². The predicted molar refractivity (Wildman–Crippen MR) is 51.8 cm³/mol. The molecule has 1 unspecified atom stereocenters. The highest BCUT2D eigenvalue weighted by molar-refractivity contribution is 6.69. The molecule has 0 radical (unpaired) electrons. The quantitative estimate of drug-likeness (QED) is 0.304. The first-order chi connectivity index (χ1) is 6.06. The zero-order valence-corrected chi connectivity index (χ0v) is 9.58. The number of epoxide rings is 1. The van der Waals surface area contributed by atoms with Crippen molar-refractivity contribution in [2.45, 2.75) is 57.2 Å². The van der Waals surface area contributed by atoms with Gasteiger partial charge in [0, 0.05) is 0 Å². The molecule has 13 heavy (non-hydrogen) atoms. The van der Waals surface area contributed by atoms with Crippen LogP contribution in [0.1, 0.15) is 19.3 Å². The zero-order chi connectivity index (χ0) is 9.47. The number of fused-ring (bicyclic) bond motifs is 1. The van der Waals surface area contributed by atoms with Gasteiger partial charge in [0.25, 0.3) is 0 Å². The molecule has 1 saturated heterocycles. The van der Waals surface area contributed by atoms with E-state index in [2.05, 4.69) is 19.6 Å². The summed E-state index contributed by atoms with van der Waals surface area (Å²) in [7, 11) is -1.53. The monoisotopic (exact) mass is 202 g/mol. The minimum atomic E-state index is -1.53. The Bertz CT molecular complexity index is 190. The van der Waals surface area contributed by atoms with Gasteiger partial charge in [0.05, 0.1) is 6.10 Å². The van der Waals surface area contributed by atoms with E-state index in [4.69, 9.17) is 14.2 Å². The van der Waals surface area contributed by atoms with Crippen LogP contribution in [0.3, 0.4) is 0 Å². The Kier molecular flexibility index (Phi) is 2.48. The molecule has 2 rings (SSSR count). The van der Waals surface area contributed by atoms with Crippen molar-refractivity contribution in [3.8, 4) is 0 Å². The second-order valence-electron chi connectivity index (χ2n) is 4.90. The molecule has 76 valence electrons. The Morgan fingerprint density at radius 3 is 2.69 bits per heavy atom. The molecule has 0 bridgehead atoms. The highest BCUT2D eigenvalue weighted by atomic mass is 28.4. The second kappa shape index (κ2) is 3.35. The Labute approximate surface area is 80.4 Å². The van der Waals surface area contributed by atoms with Gasteiger partial charge in [-0.15, -0.1) is 0 Å². The minimum Gasteiger partial charge on any atom is -0.367 e. The summed E-state index contributed by atoms with van der Waals surface area (Å²) in [5, 5.41) is 0. The van der Waals surface area contributed by atoms with Crippen LogP contribution in [-0.4, -0.2) is 26.6 Å². The van der Waals surface area contributed by atoms with Crippen LogP contribution in [0.5, 0.6) is 0 Å². The third-order valence-corrected chi connectivity index (χ3v) is 2.98. The largest absolute Gasteiger partial charge is 0.367 e. The van der Waals surface area contributed by atoms with Gasteiger partial charge in [-0.1, -0.05) is 0 Å². The normalized spacial score (nSPS) is 38.5. The molecule has 3 atom stereocenters. The fourth-order valence-electron chi connectivity index (χ4n) is 1.71. The summed E-state index contributed by atoms with van der Waals surface area (Å²) in [5.74, 6) is 0. The van der Waals surface area contributed by atoms with Gasteiger partial charge < -0.3 is 4.74 Å². The van der Waals surface area contributed by atoms with Crippen LogP contribution in [0.15, 0.2) is 0 Å². The van der Waals surface area contributed by atoms with Crippen molar-refractivity contribution in [3.05, 3.63) is 0 Å². The molecule has 1 aliphatic carbocycles. The van der Waals surface area contributed by atoms with E-state index < -0.39 is 8.32 Å². The molecule has 2 fully saturated rings. The first-order valence-corrected chi connectivity index (χ1v) is 8.47. The first-order valence-electron chi connectivity index (χ1n) is 5.06. The SMILES string of the molecule is C[Si](C)(C)OOC1CCC[C@@H]2O[C@@H]12. The summed E-state index contributed by atoms with van der Waals surface area (Å²) in [5.41, 5.74) is 0. The molecule has 0 N–H and O–H groups in total. The number of ether oxygens (including phenoxy) is 1. The van der Waals surface area contributed by atoms with Gasteiger partial charge in [0.2, 0.25) is 8.32 Å². The van der Waals surface area contributed by atoms with Gasteiger partial charge >= 0.3 is 0 Å². The summed E-state index contributed by atoms with van der Waals surface area (Å²) >= 11 is 0. The van der Waals surface area contributed by atoms with Crippen molar-refractivity contribution in [2.75, 3.05) is 0 Å². The highest BCUT2D eigenvalue weighted by Crippen LogP contribution is 2.38. The maximum Gasteiger partial charge on any atom is 0.230 e. The van der Waals surface area contributed by atoms with Crippen molar-refractivity contribution in [3.63, 3.8) is 0 Å². The molecule has 1 aliphatic heterocycles. The van der Waals surface area contributed by atoms with Crippen molar-refractivity contribution in [1.29, 1.82) is 0 Å². The van der Waals surface area contributed by atoms with Crippen LogP contribution in [0.4, 0.5) is 0 Å². The van der Waals surface area contributed by atoms with Gasteiger partial charge in [-0.25, -0.2) is 4.89 Å². The second-order valence-corrected chi connectivity index (χ2v) is 9.29. The van der Waals surface area contributed by atoms with Gasteiger partial charge in [0.15, 0.2) is 0 Å². The number of hydrogen-bond donors (Lipinski definition) is 0. The molecule has 0 amide bonds. The van der Waals surface area contributed by atoms with E-state index in [1.165, 1.54) is 12.8 Å². The molecule has 0 aromatic rings. The van der Waals surface area contributed by atoms with Crippen LogP contribution >= 0.6 is 0 Å². The summed E-state index contributed by atoms with van der Waals surface area (Å²) in [6, 6.07) is 0.